The van der Waals surface area contributed by atoms with Gasteiger partial charge in [-0.3, -0.25) is 9.69 Å². The van der Waals surface area contributed by atoms with E-state index in [1.807, 2.05) is 71.8 Å². The van der Waals surface area contributed by atoms with Gasteiger partial charge in [0.05, 0.1) is 24.5 Å². The van der Waals surface area contributed by atoms with Crippen LogP contribution < -0.4 is 10.2 Å². The number of carbonyl (C=O) groups excluding carboxylic acids is 1. The van der Waals surface area contributed by atoms with Crippen molar-refractivity contribution in [2.75, 3.05) is 62.7 Å². The quantitative estimate of drug-likeness (QED) is 0.326. The molecule has 7 rings (SSSR count). The number of likely N-dealkylation sites (tertiary alicyclic amines) is 1. The van der Waals surface area contributed by atoms with E-state index in [2.05, 4.69) is 20.2 Å². The van der Waals surface area contributed by atoms with Gasteiger partial charge in [0, 0.05) is 67.8 Å². The lowest BCUT2D eigenvalue weighted by atomic mass is 9.84. The topological polar surface area (TPSA) is 98.5 Å². The summed E-state index contributed by atoms with van der Waals surface area (Å²) >= 11 is 6.05. The van der Waals surface area contributed by atoms with Crippen molar-refractivity contribution in [3.8, 4) is 0 Å². The predicted octanol–water partition coefficient (Wildman–Crippen LogP) is 4.55. The second kappa shape index (κ2) is 12.4. The highest BCUT2D eigenvalue weighted by atomic mass is 35.5. The van der Waals surface area contributed by atoms with Crippen LogP contribution in [0, 0.1) is 0 Å². The molecular weight excluding hydrogens is 578 g/mol. The van der Waals surface area contributed by atoms with E-state index in [1.165, 1.54) is 0 Å². The Balaban J connectivity index is 1.00. The Bertz CT molecular complexity index is 1600. The SMILES string of the molecule is O=C(c1ccc(Nc2nc3c(N4CCC(O)(c5ccc(Cl)cc5)CC4)cccn3n2)cc1)N1CCCC(N2CCOCC2)C1. The van der Waals surface area contributed by atoms with Crippen molar-refractivity contribution >= 4 is 40.5 Å². The van der Waals surface area contributed by atoms with Crippen LogP contribution in [0.4, 0.5) is 17.3 Å². The van der Waals surface area contributed by atoms with Crippen molar-refractivity contribution in [1.29, 1.82) is 0 Å². The van der Waals surface area contributed by atoms with Gasteiger partial charge in [-0.05, 0) is 79.8 Å². The van der Waals surface area contributed by atoms with E-state index in [0.29, 0.717) is 48.5 Å². The molecule has 1 unspecified atom stereocenters. The number of halogens is 1. The summed E-state index contributed by atoms with van der Waals surface area (Å²) in [5.41, 5.74) is 3.25. The molecule has 44 heavy (non-hydrogen) atoms. The molecule has 3 aliphatic heterocycles. The van der Waals surface area contributed by atoms with Crippen LogP contribution in [-0.4, -0.2) is 93.9 Å². The predicted molar refractivity (Wildman–Crippen MR) is 171 cm³/mol. The van der Waals surface area contributed by atoms with Crippen molar-refractivity contribution < 1.29 is 14.6 Å². The number of nitrogens with one attached hydrogen (secondary N) is 1. The van der Waals surface area contributed by atoms with E-state index < -0.39 is 5.60 Å². The van der Waals surface area contributed by atoms with E-state index in [0.717, 1.165) is 74.8 Å². The van der Waals surface area contributed by atoms with Gasteiger partial charge < -0.3 is 25.0 Å². The molecule has 3 fully saturated rings. The van der Waals surface area contributed by atoms with Gasteiger partial charge in [-0.1, -0.05) is 23.7 Å². The van der Waals surface area contributed by atoms with Crippen molar-refractivity contribution in [3.05, 3.63) is 83.0 Å². The normalized spacial score (nSPS) is 21.0. The number of nitrogens with zero attached hydrogens (tertiary/aromatic N) is 6. The summed E-state index contributed by atoms with van der Waals surface area (Å²) in [7, 11) is 0. The second-order valence-corrected chi connectivity index (χ2v) is 12.5. The second-order valence-electron chi connectivity index (χ2n) is 12.0. The molecule has 230 valence electrons. The number of rotatable bonds is 6. The molecule has 1 amide bonds. The molecule has 0 bridgehead atoms. The zero-order valence-corrected chi connectivity index (χ0v) is 25.5. The third-order valence-electron chi connectivity index (χ3n) is 9.29. The van der Waals surface area contributed by atoms with Crippen LogP contribution in [0.2, 0.25) is 5.02 Å². The Hall–Kier alpha value is -3.70. The first-order chi connectivity index (χ1) is 21.4. The van der Waals surface area contributed by atoms with Crippen molar-refractivity contribution in [3.63, 3.8) is 0 Å². The van der Waals surface area contributed by atoms with Crippen LogP contribution in [0.3, 0.4) is 0 Å². The number of aromatic nitrogens is 3. The number of amides is 1. The average Bonchev–Trinajstić information content (AvgIpc) is 3.49. The number of fused-ring (bicyclic) bond motifs is 1. The fraction of sp³-hybridized carbons (Fsp3) is 0.424. The molecule has 11 heteroatoms. The molecule has 3 aliphatic rings. The van der Waals surface area contributed by atoms with Gasteiger partial charge in [0.1, 0.15) is 0 Å². The average molecular weight is 616 g/mol. The number of anilines is 3. The maximum absolute atomic E-state index is 13.3. The highest BCUT2D eigenvalue weighted by Gasteiger charge is 2.35. The molecule has 3 saturated heterocycles. The van der Waals surface area contributed by atoms with Gasteiger partial charge in [-0.15, -0.1) is 5.10 Å². The van der Waals surface area contributed by atoms with Crippen LogP contribution in [0.15, 0.2) is 66.9 Å². The summed E-state index contributed by atoms with van der Waals surface area (Å²) in [5.74, 6) is 0.560. The zero-order chi connectivity index (χ0) is 30.1. The summed E-state index contributed by atoms with van der Waals surface area (Å²) < 4.78 is 7.28. The van der Waals surface area contributed by atoms with Crippen molar-refractivity contribution in [2.24, 2.45) is 0 Å². The third-order valence-corrected chi connectivity index (χ3v) is 9.54. The van der Waals surface area contributed by atoms with Gasteiger partial charge in [-0.25, -0.2) is 4.52 Å². The largest absolute Gasteiger partial charge is 0.385 e. The standard InChI is InChI=1S/C33H38ClN7O3/c34-26-9-7-25(8-10-26)33(43)13-17-39(18-14-33)29-4-2-16-41-30(29)36-32(37-41)35-27-11-5-24(6-12-27)31(42)40-15-1-3-28(23-40)38-19-21-44-22-20-38/h2,4-12,16,28,43H,1,3,13-15,17-23H2,(H,35,37). The van der Waals surface area contributed by atoms with E-state index in [9.17, 15) is 9.90 Å². The Morgan fingerprint density at radius 3 is 2.48 bits per heavy atom. The number of benzene rings is 2. The van der Waals surface area contributed by atoms with Crippen LogP contribution in [0.1, 0.15) is 41.6 Å². The maximum atomic E-state index is 13.3. The van der Waals surface area contributed by atoms with Crippen LogP contribution in [-0.2, 0) is 10.3 Å². The Morgan fingerprint density at radius 1 is 0.977 bits per heavy atom. The summed E-state index contributed by atoms with van der Waals surface area (Å²) in [6, 6.07) is 19.5. The summed E-state index contributed by atoms with van der Waals surface area (Å²) in [4.78, 5) is 24.9. The van der Waals surface area contributed by atoms with E-state index in [-0.39, 0.29) is 5.91 Å². The number of hydrogen-bond donors (Lipinski definition) is 2. The minimum atomic E-state index is -0.876. The highest BCUT2D eigenvalue weighted by Crippen LogP contribution is 2.36. The Morgan fingerprint density at radius 2 is 1.73 bits per heavy atom. The number of hydrogen-bond acceptors (Lipinski definition) is 8. The van der Waals surface area contributed by atoms with Gasteiger partial charge in [0.2, 0.25) is 5.95 Å². The monoisotopic (exact) mass is 615 g/mol. The molecule has 0 radical (unpaired) electrons. The van der Waals surface area contributed by atoms with Gasteiger partial charge in [0.15, 0.2) is 5.65 Å². The zero-order valence-electron chi connectivity index (χ0n) is 24.7. The third kappa shape index (κ3) is 5.99. The number of piperidine rings is 2. The van der Waals surface area contributed by atoms with Gasteiger partial charge in [0.25, 0.3) is 5.91 Å². The number of pyridine rings is 1. The van der Waals surface area contributed by atoms with Crippen molar-refractivity contribution in [2.45, 2.75) is 37.3 Å². The van der Waals surface area contributed by atoms with E-state index in [4.69, 9.17) is 21.3 Å². The van der Waals surface area contributed by atoms with E-state index >= 15 is 0 Å². The lowest BCUT2D eigenvalue weighted by Crippen LogP contribution is -2.52. The minimum absolute atomic E-state index is 0.0782. The molecular formula is C33H38ClN7O3. The van der Waals surface area contributed by atoms with Crippen molar-refractivity contribution in [1.82, 2.24) is 24.4 Å². The molecule has 5 heterocycles. The van der Waals surface area contributed by atoms with Gasteiger partial charge in [-0.2, -0.15) is 4.98 Å². The minimum Gasteiger partial charge on any atom is -0.385 e. The molecule has 2 aromatic heterocycles. The first-order valence-electron chi connectivity index (χ1n) is 15.5. The first kappa shape index (κ1) is 29.0. The van der Waals surface area contributed by atoms with Crippen LogP contribution in [0.25, 0.3) is 5.65 Å². The fourth-order valence-electron chi connectivity index (χ4n) is 6.75. The lowest BCUT2D eigenvalue weighted by Gasteiger charge is -2.40. The molecule has 0 spiro atoms. The molecule has 0 saturated carbocycles. The Labute approximate surface area is 262 Å². The summed E-state index contributed by atoms with van der Waals surface area (Å²) in [6.45, 7) is 6.37. The Kier molecular flexibility index (Phi) is 8.16. The number of morpholine rings is 1. The summed E-state index contributed by atoms with van der Waals surface area (Å²) in [6.07, 6.45) is 5.24. The summed E-state index contributed by atoms with van der Waals surface area (Å²) in [5, 5.41) is 19.9. The van der Waals surface area contributed by atoms with Gasteiger partial charge >= 0.3 is 0 Å². The number of aliphatic hydroxyl groups is 1. The number of carbonyl (C=O) groups is 1. The van der Waals surface area contributed by atoms with Crippen LogP contribution >= 0.6 is 11.6 Å². The maximum Gasteiger partial charge on any atom is 0.253 e. The molecule has 2 aromatic carbocycles. The van der Waals surface area contributed by atoms with E-state index in [1.54, 1.807) is 4.52 Å². The molecule has 2 N–H and O–H groups in total. The smallest absolute Gasteiger partial charge is 0.253 e. The molecule has 0 aliphatic carbocycles. The molecule has 1 atom stereocenters. The number of ether oxygens (including phenoxy) is 1. The first-order valence-corrected chi connectivity index (χ1v) is 15.9. The highest BCUT2D eigenvalue weighted by molar-refractivity contribution is 6.30. The molecule has 4 aromatic rings. The fourth-order valence-corrected chi connectivity index (χ4v) is 6.87. The van der Waals surface area contributed by atoms with Crippen LogP contribution in [0.5, 0.6) is 0 Å². The molecule has 10 nitrogen and oxygen atoms in total. The lowest BCUT2D eigenvalue weighted by molar-refractivity contribution is -0.00121.